The van der Waals surface area contributed by atoms with Crippen LogP contribution in [0, 0.1) is 4.91 Å². The molecule has 1 heterocycles. The third-order valence-corrected chi connectivity index (χ3v) is 1.29. The number of H-pyrrole nitrogens is 1. The van der Waals surface area contributed by atoms with Gasteiger partial charge < -0.3 is 10.8 Å². The molecule has 6 nitrogen and oxygen atoms in total. The van der Waals surface area contributed by atoms with Crippen molar-refractivity contribution in [3.8, 4) is 0 Å². The van der Waals surface area contributed by atoms with Crippen molar-refractivity contribution in [2.75, 3.05) is 12.3 Å². The van der Waals surface area contributed by atoms with E-state index in [-0.39, 0.29) is 18.1 Å². The third-order valence-electron chi connectivity index (χ3n) is 1.29. The predicted octanol–water partition coefficient (Wildman–Crippen LogP) is -0.0754. The summed E-state index contributed by atoms with van der Waals surface area (Å²) in [5, 5.41) is 17.2. The molecule has 0 saturated carbocycles. The van der Waals surface area contributed by atoms with Crippen molar-refractivity contribution < 1.29 is 5.11 Å². The first-order chi connectivity index (χ1) is 5.29. The molecule has 0 aliphatic rings. The Morgan fingerprint density at radius 1 is 1.73 bits per heavy atom. The fourth-order valence-corrected chi connectivity index (χ4v) is 0.776. The summed E-state index contributed by atoms with van der Waals surface area (Å²) >= 11 is 0. The van der Waals surface area contributed by atoms with E-state index in [1.807, 2.05) is 0 Å². The largest absolute Gasteiger partial charge is 0.396 e. The van der Waals surface area contributed by atoms with E-state index in [1.165, 1.54) is 0 Å². The second kappa shape index (κ2) is 3.11. The molecule has 0 aromatic carbocycles. The highest BCUT2D eigenvalue weighted by molar-refractivity contribution is 5.60. The first kappa shape index (κ1) is 7.67. The number of aliphatic hydroxyl groups excluding tert-OH is 1. The molecule has 0 aliphatic heterocycles. The van der Waals surface area contributed by atoms with Crippen molar-refractivity contribution >= 4 is 11.5 Å². The first-order valence-corrected chi connectivity index (χ1v) is 3.06. The van der Waals surface area contributed by atoms with Crippen molar-refractivity contribution in [1.82, 2.24) is 10.2 Å². The number of aliphatic hydroxyl groups is 1. The summed E-state index contributed by atoms with van der Waals surface area (Å²) in [5.74, 6) is 0.0726. The molecule has 0 radical (unpaired) electrons. The maximum atomic E-state index is 10.1. The van der Waals surface area contributed by atoms with Crippen LogP contribution in [0.5, 0.6) is 0 Å². The maximum Gasteiger partial charge on any atom is 0.175 e. The van der Waals surface area contributed by atoms with Gasteiger partial charge in [0.05, 0.1) is 5.69 Å². The van der Waals surface area contributed by atoms with Crippen LogP contribution in [0.4, 0.5) is 11.5 Å². The molecule has 0 aliphatic carbocycles. The lowest BCUT2D eigenvalue weighted by Crippen LogP contribution is -1.90. The molecule has 0 amide bonds. The summed E-state index contributed by atoms with van der Waals surface area (Å²) in [5.41, 5.74) is 5.83. The number of nitroso groups, excluding NO2 is 1. The molecule has 0 spiro atoms. The number of hydrogen-bond donors (Lipinski definition) is 3. The van der Waals surface area contributed by atoms with E-state index in [0.717, 1.165) is 0 Å². The Hall–Kier alpha value is -1.43. The van der Waals surface area contributed by atoms with E-state index < -0.39 is 0 Å². The van der Waals surface area contributed by atoms with Gasteiger partial charge in [-0.2, -0.15) is 5.10 Å². The van der Waals surface area contributed by atoms with Gasteiger partial charge >= 0.3 is 0 Å². The number of nitrogens with two attached hydrogens (primary N) is 1. The molecule has 0 saturated heterocycles. The summed E-state index contributed by atoms with van der Waals surface area (Å²) in [4.78, 5) is 10.1. The molecule has 1 rings (SSSR count). The topological polar surface area (TPSA) is 104 Å². The smallest absolute Gasteiger partial charge is 0.175 e. The van der Waals surface area contributed by atoms with Gasteiger partial charge in [-0.15, -0.1) is 4.91 Å². The van der Waals surface area contributed by atoms with Crippen molar-refractivity contribution in [2.24, 2.45) is 5.18 Å². The lowest BCUT2D eigenvalue weighted by molar-refractivity contribution is 0.298. The van der Waals surface area contributed by atoms with Crippen LogP contribution in [0.15, 0.2) is 5.18 Å². The number of anilines is 1. The quantitative estimate of drug-likeness (QED) is 0.532. The van der Waals surface area contributed by atoms with Gasteiger partial charge in [-0.1, -0.05) is 0 Å². The molecular weight excluding hydrogens is 148 g/mol. The average Bonchev–Trinajstić information content (AvgIpc) is 2.33. The molecule has 1 aromatic heterocycles. The zero-order chi connectivity index (χ0) is 8.27. The molecule has 0 fully saturated rings. The Labute approximate surface area is 62.4 Å². The van der Waals surface area contributed by atoms with Gasteiger partial charge in [0.25, 0.3) is 0 Å². The molecule has 11 heavy (non-hydrogen) atoms. The summed E-state index contributed by atoms with van der Waals surface area (Å²) in [6, 6.07) is 0. The average molecular weight is 156 g/mol. The SMILES string of the molecule is Nc1n[nH]c(CCO)c1N=O. The highest BCUT2D eigenvalue weighted by atomic mass is 16.3. The van der Waals surface area contributed by atoms with Crippen molar-refractivity contribution in [2.45, 2.75) is 6.42 Å². The number of nitrogens with one attached hydrogen (secondary N) is 1. The Morgan fingerprint density at radius 2 is 2.45 bits per heavy atom. The van der Waals surface area contributed by atoms with Gasteiger partial charge in [0, 0.05) is 13.0 Å². The van der Waals surface area contributed by atoms with Gasteiger partial charge in [-0.25, -0.2) is 0 Å². The minimum Gasteiger partial charge on any atom is -0.396 e. The molecule has 0 bridgehead atoms. The van der Waals surface area contributed by atoms with Crippen LogP contribution in [0.25, 0.3) is 0 Å². The monoisotopic (exact) mass is 156 g/mol. The van der Waals surface area contributed by atoms with Crippen LogP contribution in [-0.4, -0.2) is 21.9 Å². The number of rotatable bonds is 3. The second-order valence-electron chi connectivity index (χ2n) is 2.00. The Balaban J connectivity index is 2.95. The van der Waals surface area contributed by atoms with Crippen LogP contribution in [0.2, 0.25) is 0 Å². The Kier molecular flexibility index (Phi) is 2.17. The zero-order valence-electron chi connectivity index (χ0n) is 5.74. The Bertz CT molecular complexity index is 257. The van der Waals surface area contributed by atoms with Crippen molar-refractivity contribution in [3.63, 3.8) is 0 Å². The highest BCUT2D eigenvalue weighted by Gasteiger charge is 2.09. The van der Waals surface area contributed by atoms with Gasteiger partial charge in [-0.3, -0.25) is 5.10 Å². The zero-order valence-corrected chi connectivity index (χ0v) is 5.74. The summed E-state index contributed by atoms with van der Waals surface area (Å²) in [6.07, 6.45) is 0.311. The second-order valence-corrected chi connectivity index (χ2v) is 2.00. The van der Waals surface area contributed by atoms with Crippen LogP contribution in [0.1, 0.15) is 5.69 Å². The van der Waals surface area contributed by atoms with E-state index in [1.54, 1.807) is 0 Å². The van der Waals surface area contributed by atoms with Gasteiger partial charge in [0.1, 0.15) is 0 Å². The summed E-state index contributed by atoms with van der Waals surface area (Å²) in [6.45, 7) is -0.0653. The lowest BCUT2D eigenvalue weighted by atomic mass is 10.3. The van der Waals surface area contributed by atoms with Crippen LogP contribution in [0.3, 0.4) is 0 Å². The Morgan fingerprint density at radius 3 is 3.00 bits per heavy atom. The van der Waals surface area contributed by atoms with E-state index >= 15 is 0 Å². The van der Waals surface area contributed by atoms with E-state index in [9.17, 15) is 4.91 Å². The van der Waals surface area contributed by atoms with Crippen LogP contribution < -0.4 is 5.73 Å². The minimum absolute atomic E-state index is 0.0653. The fourth-order valence-electron chi connectivity index (χ4n) is 0.776. The predicted molar refractivity (Wildman–Crippen MR) is 39.2 cm³/mol. The molecular formula is C5H8N4O2. The number of nitrogen functional groups attached to an aromatic ring is 1. The van der Waals surface area contributed by atoms with E-state index in [0.29, 0.717) is 12.1 Å². The third kappa shape index (κ3) is 1.35. The number of aromatic nitrogens is 2. The molecule has 4 N–H and O–H groups in total. The van der Waals surface area contributed by atoms with Gasteiger partial charge in [0.2, 0.25) is 0 Å². The van der Waals surface area contributed by atoms with E-state index in [2.05, 4.69) is 15.4 Å². The lowest BCUT2D eigenvalue weighted by Gasteiger charge is -1.90. The summed E-state index contributed by atoms with van der Waals surface area (Å²) < 4.78 is 0. The molecule has 0 atom stereocenters. The van der Waals surface area contributed by atoms with Gasteiger partial charge in [0.15, 0.2) is 11.5 Å². The molecule has 60 valence electrons. The standard InChI is InChI=1S/C5H8N4O2/c6-5-4(9-11)3(1-2-10)7-8-5/h10H,1-2H2,(H3,6,7,8). The first-order valence-electron chi connectivity index (χ1n) is 3.06. The van der Waals surface area contributed by atoms with Gasteiger partial charge in [-0.05, 0) is 5.18 Å². The fraction of sp³-hybridized carbons (Fsp3) is 0.400. The molecule has 6 heteroatoms. The number of aromatic amines is 1. The highest BCUT2D eigenvalue weighted by Crippen LogP contribution is 2.23. The number of nitrogens with zero attached hydrogens (tertiary/aromatic N) is 2. The molecule has 1 aromatic rings. The molecule has 0 unspecified atom stereocenters. The van der Waals surface area contributed by atoms with E-state index in [4.69, 9.17) is 10.8 Å². The van der Waals surface area contributed by atoms with Crippen molar-refractivity contribution in [1.29, 1.82) is 0 Å². The van der Waals surface area contributed by atoms with Crippen LogP contribution >= 0.6 is 0 Å². The number of hydrogen-bond acceptors (Lipinski definition) is 5. The normalized spacial score (nSPS) is 9.91. The van der Waals surface area contributed by atoms with Crippen molar-refractivity contribution in [3.05, 3.63) is 10.6 Å². The maximum absolute atomic E-state index is 10.1. The summed E-state index contributed by atoms with van der Waals surface area (Å²) in [7, 11) is 0. The minimum atomic E-state index is -0.0653. The van der Waals surface area contributed by atoms with Crippen LogP contribution in [-0.2, 0) is 6.42 Å².